The third-order valence-corrected chi connectivity index (χ3v) is 3.58. The van der Waals surface area contributed by atoms with Gasteiger partial charge in [0.05, 0.1) is 0 Å². The van der Waals surface area contributed by atoms with E-state index in [0.717, 1.165) is 23.0 Å². The summed E-state index contributed by atoms with van der Waals surface area (Å²) in [4.78, 5) is 22.5. The van der Waals surface area contributed by atoms with Gasteiger partial charge in [0, 0.05) is 23.5 Å². The second kappa shape index (κ2) is 8.58. The highest BCUT2D eigenvalue weighted by molar-refractivity contribution is 9.08. The lowest BCUT2D eigenvalue weighted by Gasteiger charge is -2.12. The number of alkyl halides is 1. The molecular weight excluding hydrogens is 322 g/mol. The maximum Gasteiger partial charge on any atom is 0.312 e. The third kappa shape index (κ3) is 6.06. The summed E-state index contributed by atoms with van der Waals surface area (Å²) in [6.45, 7) is 2.36. The highest BCUT2D eigenvalue weighted by Crippen LogP contribution is 2.14. The Morgan fingerprint density at radius 2 is 1.95 bits per heavy atom. The summed E-state index contributed by atoms with van der Waals surface area (Å²) in [7, 11) is 0. The van der Waals surface area contributed by atoms with E-state index in [4.69, 9.17) is 5.73 Å². The molecule has 1 aromatic carbocycles. The van der Waals surface area contributed by atoms with Gasteiger partial charge < -0.3 is 16.4 Å². The van der Waals surface area contributed by atoms with Crippen LogP contribution in [0.1, 0.15) is 25.3 Å². The van der Waals surface area contributed by atoms with Gasteiger partial charge in [-0.25, -0.2) is 4.79 Å². The molecule has 4 N–H and O–H groups in total. The second-order valence-electron chi connectivity index (χ2n) is 4.65. The van der Waals surface area contributed by atoms with Gasteiger partial charge in [-0.3, -0.25) is 4.79 Å². The molecule has 0 aromatic heterocycles. The van der Waals surface area contributed by atoms with Crippen LogP contribution >= 0.6 is 15.9 Å². The average molecular weight is 342 g/mol. The monoisotopic (exact) mass is 341 g/mol. The molecule has 0 heterocycles. The molecule has 0 aliphatic rings. The Kier molecular flexibility index (Phi) is 7.08. The van der Waals surface area contributed by atoms with Gasteiger partial charge in [-0.2, -0.15) is 0 Å². The van der Waals surface area contributed by atoms with Crippen LogP contribution in [0, 0.1) is 5.92 Å². The summed E-state index contributed by atoms with van der Waals surface area (Å²) in [6, 6.07) is 7.16. The Morgan fingerprint density at radius 3 is 2.50 bits per heavy atom. The van der Waals surface area contributed by atoms with Crippen LogP contribution in [0.25, 0.3) is 0 Å². The van der Waals surface area contributed by atoms with Crippen LogP contribution in [-0.2, 0) is 10.1 Å². The summed E-state index contributed by atoms with van der Waals surface area (Å²) in [5.41, 5.74) is 6.92. The molecule has 20 heavy (non-hydrogen) atoms. The largest absolute Gasteiger partial charge is 0.352 e. The summed E-state index contributed by atoms with van der Waals surface area (Å²) < 4.78 is 0. The molecule has 1 rings (SSSR count). The summed E-state index contributed by atoms with van der Waals surface area (Å²) >= 11 is 3.38. The first-order chi connectivity index (χ1) is 9.52. The molecule has 1 aromatic rings. The Morgan fingerprint density at radius 1 is 1.30 bits per heavy atom. The molecule has 0 aliphatic carbocycles. The van der Waals surface area contributed by atoms with Crippen molar-refractivity contribution in [2.75, 3.05) is 11.9 Å². The van der Waals surface area contributed by atoms with Crippen molar-refractivity contribution in [2.45, 2.75) is 25.1 Å². The number of halogens is 1. The minimum atomic E-state index is -0.533. The lowest BCUT2D eigenvalue weighted by molar-refractivity contribution is -0.119. The maximum absolute atomic E-state index is 12.0. The number of anilines is 1. The number of urea groups is 1. The van der Waals surface area contributed by atoms with Gasteiger partial charge >= 0.3 is 6.03 Å². The summed E-state index contributed by atoms with van der Waals surface area (Å²) in [6.07, 6.45) is 1.42. The molecule has 0 saturated carbocycles. The molecule has 0 radical (unpaired) electrons. The first-order valence-electron chi connectivity index (χ1n) is 6.52. The molecule has 0 bridgehead atoms. The van der Waals surface area contributed by atoms with Crippen LogP contribution in [0.4, 0.5) is 10.5 Å². The molecule has 110 valence electrons. The number of nitrogens with one attached hydrogen (secondary N) is 2. The van der Waals surface area contributed by atoms with E-state index in [1.54, 1.807) is 0 Å². The smallest absolute Gasteiger partial charge is 0.312 e. The van der Waals surface area contributed by atoms with Crippen molar-refractivity contribution in [3.8, 4) is 0 Å². The molecule has 0 unspecified atom stereocenters. The molecule has 5 nitrogen and oxygen atoms in total. The highest BCUT2D eigenvalue weighted by Gasteiger charge is 2.12. The SMILES string of the molecule is C[C@@H](CCCNC(N)=O)C(=O)Nc1ccc(CBr)cc1. The minimum Gasteiger partial charge on any atom is -0.352 e. The number of hydrogen-bond donors (Lipinski definition) is 3. The number of primary amides is 1. The maximum atomic E-state index is 12.0. The molecule has 0 fully saturated rings. The predicted molar refractivity (Wildman–Crippen MR) is 83.7 cm³/mol. The number of rotatable bonds is 7. The van der Waals surface area contributed by atoms with E-state index in [1.165, 1.54) is 0 Å². The molecular formula is C14H20BrN3O2. The van der Waals surface area contributed by atoms with Gasteiger partial charge in [0.25, 0.3) is 0 Å². The normalized spacial score (nSPS) is 11.7. The Hall–Kier alpha value is -1.56. The first kappa shape index (κ1) is 16.5. The van der Waals surface area contributed by atoms with E-state index in [0.29, 0.717) is 13.0 Å². The molecule has 0 aliphatic heterocycles. The molecule has 1 atom stereocenters. The third-order valence-electron chi connectivity index (χ3n) is 2.94. The topological polar surface area (TPSA) is 84.2 Å². The van der Waals surface area contributed by atoms with Crippen LogP contribution < -0.4 is 16.4 Å². The van der Waals surface area contributed by atoms with Gasteiger partial charge in [0.15, 0.2) is 0 Å². The molecule has 0 saturated heterocycles. The highest BCUT2D eigenvalue weighted by atomic mass is 79.9. The van der Waals surface area contributed by atoms with Gasteiger partial charge in [-0.05, 0) is 30.5 Å². The van der Waals surface area contributed by atoms with Gasteiger partial charge in [-0.1, -0.05) is 35.0 Å². The quantitative estimate of drug-likeness (QED) is 0.526. The lowest BCUT2D eigenvalue weighted by atomic mass is 10.0. The second-order valence-corrected chi connectivity index (χ2v) is 5.21. The fraction of sp³-hybridized carbons (Fsp3) is 0.429. The van der Waals surface area contributed by atoms with Crippen molar-refractivity contribution < 1.29 is 9.59 Å². The van der Waals surface area contributed by atoms with E-state index in [2.05, 4.69) is 26.6 Å². The zero-order chi connectivity index (χ0) is 15.0. The minimum absolute atomic E-state index is 0.0179. The fourth-order valence-electron chi connectivity index (χ4n) is 1.69. The predicted octanol–water partition coefficient (Wildman–Crippen LogP) is 2.60. The fourth-order valence-corrected chi connectivity index (χ4v) is 2.07. The number of hydrogen-bond acceptors (Lipinski definition) is 2. The van der Waals surface area contributed by atoms with E-state index in [1.807, 2.05) is 31.2 Å². The molecule has 3 amide bonds. The zero-order valence-corrected chi connectivity index (χ0v) is 13.1. The van der Waals surface area contributed by atoms with Crippen LogP contribution in [0.2, 0.25) is 0 Å². The van der Waals surface area contributed by atoms with Gasteiger partial charge in [0.2, 0.25) is 5.91 Å². The molecule has 0 spiro atoms. The molecule has 6 heteroatoms. The van der Waals surface area contributed by atoms with Crippen molar-refractivity contribution in [1.82, 2.24) is 5.32 Å². The van der Waals surface area contributed by atoms with Crippen LogP contribution in [0.15, 0.2) is 24.3 Å². The van der Waals surface area contributed by atoms with Crippen molar-refractivity contribution in [3.63, 3.8) is 0 Å². The number of benzene rings is 1. The Labute approximate surface area is 127 Å². The van der Waals surface area contributed by atoms with Crippen molar-refractivity contribution >= 4 is 33.6 Å². The van der Waals surface area contributed by atoms with E-state index >= 15 is 0 Å². The van der Waals surface area contributed by atoms with Crippen LogP contribution in [-0.4, -0.2) is 18.5 Å². The average Bonchev–Trinajstić information content (AvgIpc) is 2.44. The Balaban J connectivity index is 2.34. The number of nitrogens with two attached hydrogens (primary N) is 1. The number of carbonyl (C=O) groups is 2. The summed E-state index contributed by atoms with van der Waals surface area (Å²) in [5, 5.41) is 6.18. The lowest BCUT2D eigenvalue weighted by Crippen LogP contribution is -2.30. The zero-order valence-electron chi connectivity index (χ0n) is 11.5. The van der Waals surface area contributed by atoms with E-state index < -0.39 is 6.03 Å². The van der Waals surface area contributed by atoms with Gasteiger partial charge in [0.1, 0.15) is 0 Å². The van der Waals surface area contributed by atoms with E-state index in [-0.39, 0.29) is 11.8 Å². The standard InChI is InChI=1S/C14H20BrN3O2/c1-10(3-2-8-17-14(16)20)13(19)18-12-6-4-11(9-15)5-7-12/h4-7,10H,2-3,8-9H2,1H3,(H,18,19)(H3,16,17,20)/t10-/m0/s1. The Bertz CT molecular complexity index is 448. The van der Waals surface area contributed by atoms with E-state index in [9.17, 15) is 9.59 Å². The van der Waals surface area contributed by atoms with Crippen molar-refractivity contribution in [2.24, 2.45) is 11.7 Å². The van der Waals surface area contributed by atoms with Gasteiger partial charge in [-0.15, -0.1) is 0 Å². The van der Waals surface area contributed by atoms with Crippen molar-refractivity contribution in [1.29, 1.82) is 0 Å². The number of carbonyl (C=O) groups excluding carboxylic acids is 2. The number of amides is 3. The van der Waals surface area contributed by atoms with Crippen LogP contribution in [0.3, 0.4) is 0 Å². The summed E-state index contributed by atoms with van der Waals surface area (Å²) in [5.74, 6) is -0.129. The first-order valence-corrected chi connectivity index (χ1v) is 7.64. The van der Waals surface area contributed by atoms with Crippen molar-refractivity contribution in [3.05, 3.63) is 29.8 Å². The van der Waals surface area contributed by atoms with Crippen LogP contribution in [0.5, 0.6) is 0 Å².